The lowest BCUT2D eigenvalue weighted by molar-refractivity contribution is -0.140. The molecule has 0 aliphatic heterocycles. The molecular formula is C14H22N2O3S. The quantitative estimate of drug-likeness (QED) is 0.724. The minimum atomic E-state index is -1.00. The van der Waals surface area contributed by atoms with Crippen LogP contribution in [0.2, 0.25) is 0 Å². The lowest BCUT2D eigenvalue weighted by Gasteiger charge is -2.22. The first-order valence-corrected chi connectivity index (χ1v) is 7.70. The van der Waals surface area contributed by atoms with Gasteiger partial charge in [-0.2, -0.15) is 0 Å². The molecule has 3 atom stereocenters. The molecule has 1 rings (SSSR count). The monoisotopic (exact) mass is 298 g/mol. The topological polar surface area (TPSA) is 78.4 Å². The molecule has 0 aliphatic carbocycles. The number of thiophene rings is 1. The molecule has 3 N–H and O–H groups in total. The van der Waals surface area contributed by atoms with E-state index >= 15 is 0 Å². The third-order valence-corrected chi connectivity index (χ3v) is 4.35. The number of aliphatic carboxylic acids is 1. The molecule has 0 radical (unpaired) electrons. The van der Waals surface area contributed by atoms with Gasteiger partial charge in [0.05, 0.1) is 6.04 Å². The van der Waals surface area contributed by atoms with Crippen LogP contribution in [0.5, 0.6) is 0 Å². The molecule has 112 valence electrons. The van der Waals surface area contributed by atoms with Gasteiger partial charge in [-0.25, -0.2) is 9.59 Å². The van der Waals surface area contributed by atoms with Gasteiger partial charge in [0.15, 0.2) is 0 Å². The number of carbonyl (C=O) groups is 2. The first-order chi connectivity index (χ1) is 9.49. The van der Waals surface area contributed by atoms with E-state index in [-0.39, 0.29) is 12.0 Å². The highest BCUT2D eigenvalue weighted by Crippen LogP contribution is 2.21. The number of hydrogen-bond acceptors (Lipinski definition) is 3. The molecule has 0 spiro atoms. The molecule has 6 heteroatoms. The van der Waals surface area contributed by atoms with E-state index in [1.165, 1.54) is 0 Å². The van der Waals surface area contributed by atoms with E-state index in [2.05, 4.69) is 10.6 Å². The average molecular weight is 298 g/mol. The van der Waals surface area contributed by atoms with Gasteiger partial charge >= 0.3 is 12.0 Å². The number of carboxylic acids is 1. The molecule has 0 saturated carbocycles. The Balaban J connectivity index is 2.63. The van der Waals surface area contributed by atoms with Gasteiger partial charge in [0, 0.05) is 4.88 Å². The Morgan fingerprint density at radius 2 is 2.00 bits per heavy atom. The Hall–Kier alpha value is -1.56. The van der Waals surface area contributed by atoms with E-state index in [1.54, 1.807) is 11.3 Å². The van der Waals surface area contributed by atoms with Crippen LogP contribution in [-0.4, -0.2) is 23.1 Å². The molecule has 5 nitrogen and oxygen atoms in total. The van der Waals surface area contributed by atoms with Crippen molar-refractivity contribution in [2.24, 2.45) is 5.92 Å². The molecule has 1 aromatic rings. The second-order valence-electron chi connectivity index (χ2n) is 4.80. The van der Waals surface area contributed by atoms with E-state index in [4.69, 9.17) is 5.11 Å². The molecule has 0 aliphatic rings. The summed E-state index contributed by atoms with van der Waals surface area (Å²) in [6.07, 6.45) is 1.45. The summed E-state index contributed by atoms with van der Waals surface area (Å²) in [6, 6.07) is 2.52. The van der Waals surface area contributed by atoms with E-state index in [1.807, 2.05) is 38.3 Å². The van der Waals surface area contributed by atoms with Crippen molar-refractivity contribution in [1.82, 2.24) is 10.6 Å². The lowest BCUT2D eigenvalue weighted by Crippen LogP contribution is -2.49. The van der Waals surface area contributed by atoms with Crippen LogP contribution in [0.4, 0.5) is 4.79 Å². The number of nitrogens with one attached hydrogen (secondary N) is 2. The predicted molar refractivity (Wildman–Crippen MR) is 79.9 cm³/mol. The van der Waals surface area contributed by atoms with Crippen molar-refractivity contribution in [3.63, 3.8) is 0 Å². The van der Waals surface area contributed by atoms with Gasteiger partial charge in [0.25, 0.3) is 0 Å². The van der Waals surface area contributed by atoms with Gasteiger partial charge in [-0.1, -0.05) is 33.3 Å². The standard InChI is InChI=1S/C14H22N2O3S/c1-4-9(3)12(13(17)18)16-14(19)15-10(5-2)11-7-6-8-20-11/h6-10,12H,4-5H2,1-3H3,(H,17,18)(H2,15,16,19)/t9-,10?,12-/m0/s1. The molecular weight excluding hydrogens is 276 g/mol. The SMILES string of the molecule is CCC(NC(=O)N[C@H](C(=O)O)[C@@H](C)CC)c1cccs1. The Morgan fingerprint density at radius 3 is 2.45 bits per heavy atom. The maximum atomic E-state index is 12.0. The van der Waals surface area contributed by atoms with E-state index < -0.39 is 18.0 Å². The third-order valence-electron chi connectivity index (χ3n) is 3.37. The number of amides is 2. The van der Waals surface area contributed by atoms with Crippen LogP contribution in [0.3, 0.4) is 0 Å². The summed E-state index contributed by atoms with van der Waals surface area (Å²) in [5.41, 5.74) is 0. The molecule has 2 amide bonds. The molecule has 0 aromatic carbocycles. The van der Waals surface area contributed by atoms with Gasteiger partial charge in [0.2, 0.25) is 0 Å². The predicted octanol–water partition coefficient (Wildman–Crippen LogP) is 3.00. The molecule has 0 saturated heterocycles. The average Bonchev–Trinajstić information content (AvgIpc) is 2.94. The van der Waals surface area contributed by atoms with Crippen LogP contribution in [0.1, 0.15) is 44.5 Å². The van der Waals surface area contributed by atoms with Crippen molar-refractivity contribution in [3.8, 4) is 0 Å². The highest BCUT2D eigenvalue weighted by Gasteiger charge is 2.26. The van der Waals surface area contributed by atoms with Crippen molar-refractivity contribution in [2.75, 3.05) is 0 Å². The number of carboxylic acid groups (broad SMARTS) is 1. The Morgan fingerprint density at radius 1 is 1.30 bits per heavy atom. The van der Waals surface area contributed by atoms with Gasteiger partial charge in [0.1, 0.15) is 6.04 Å². The second-order valence-corrected chi connectivity index (χ2v) is 5.77. The Bertz CT molecular complexity index is 434. The van der Waals surface area contributed by atoms with Crippen molar-refractivity contribution in [1.29, 1.82) is 0 Å². The fourth-order valence-electron chi connectivity index (χ4n) is 1.89. The highest BCUT2D eigenvalue weighted by molar-refractivity contribution is 7.10. The smallest absolute Gasteiger partial charge is 0.326 e. The zero-order valence-corrected chi connectivity index (χ0v) is 12.9. The summed E-state index contributed by atoms with van der Waals surface area (Å²) in [5.74, 6) is -1.11. The van der Waals surface area contributed by atoms with Gasteiger partial charge in [-0.15, -0.1) is 11.3 Å². The third kappa shape index (κ3) is 4.52. The zero-order chi connectivity index (χ0) is 15.1. The fraction of sp³-hybridized carbons (Fsp3) is 0.571. The van der Waals surface area contributed by atoms with E-state index in [9.17, 15) is 9.59 Å². The molecule has 0 bridgehead atoms. The van der Waals surface area contributed by atoms with Crippen molar-refractivity contribution in [3.05, 3.63) is 22.4 Å². The first-order valence-electron chi connectivity index (χ1n) is 6.82. The van der Waals surface area contributed by atoms with Crippen molar-refractivity contribution >= 4 is 23.3 Å². The fourth-order valence-corrected chi connectivity index (χ4v) is 2.75. The number of hydrogen-bond donors (Lipinski definition) is 3. The normalized spacial score (nSPS) is 15.2. The zero-order valence-electron chi connectivity index (χ0n) is 12.1. The molecule has 20 heavy (non-hydrogen) atoms. The lowest BCUT2D eigenvalue weighted by atomic mass is 9.99. The highest BCUT2D eigenvalue weighted by atomic mass is 32.1. The Labute approximate surface area is 123 Å². The molecule has 1 aromatic heterocycles. The van der Waals surface area contributed by atoms with E-state index in [0.29, 0.717) is 6.42 Å². The van der Waals surface area contributed by atoms with Crippen molar-refractivity contribution in [2.45, 2.75) is 45.7 Å². The molecule has 0 fully saturated rings. The van der Waals surface area contributed by atoms with Crippen LogP contribution in [0, 0.1) is 5.92 Å². The maximum Gasteiger partial charge on any atom is 0.326 e. The van der Waals surface area contributed by atoms with Crippen LogP contribution in [-0.2, 0) is 4.79 Å². The summed E-state index contributed by atoms with van der Waals surface area (Å²) in [5, 5.41) is 16.5. The van der Waals surface area contributed by atoms with Gasteiger partial charge in [-0.3, -0.25) is 0 Å². The minimum absolute atomic E-state index is 0.0821. The summed E-state index contributed by atoms with van der Waals surface area (Å²) in [7, 11) is 0. The van der Waals surface area contributed by atoms with Crippen LogP contribution >= 0.6 is 11.3 Å². The number of carbonyl (C=O) groups excluding carboxylic acids is 1. The summed E-state index contributed by atoms with van der Waals surface area (Å²) in [4.78, 5) is 24.2. The Kier molecular flexibility index (Phi) is 6.51. The molecule has 1 heterocycles. The minimum Gasteiger partial charge on any atom is -0.480 e. The summed E-state index contributed by atoms with van der Waals surface area (Å²) >= 11 is 1.57. The molecule has 1 unspecified atom stereocenters. The van der Waals surface area contributed by atoms with Gasteiger partial charge in [-0.05, 0) is 23.8 Å². The van der Waals surface area contributed by atoms with Crippen LogP contribution in [0.25, 0.3) is 0 Å². The largest absolute Gasteiger partial charge is 0.480 e. The number of rotatable bonds is 7. The summed E-state index contributed by atoms with van der Waals surface area (Å²) in [6.45, 7) is 5.70. The van der Waals surface area contributed by atoms with Crippen LogP contribution < -0.4 is 10.6 Å². The van der Waals surface area contributed by atoms with Crippen molar-refractivity contribution < 1.29 is 14.7 Å². The van der Waals surface area contributed by atoms with E-state index in [0.717, 1.165) is 11.3 Å². The van der Waals surface area contributed by atoms with Gasteiger partial charge < -0.3 is 15.7 Å². The first kappa shape index (κ1) is 16.5. The maximum absolute atomic E-state index is 12.0. The number of urea groups is 1. The van der Waals surface area contributed by atoms with Crippen LogP contribution in [0.15, 0.2) is 17.5 Å². The summed E-state index contributed by atoms with van der Waals surface area (Å²) < 4.78 is 0. The second kappa shape index (κ2) is 7.89.